The van der Waals surface area contributed by atoms with Crippen molar-refractivity contribution >= 4 is 71.7 Å². The molecule has 3 heteroatoms. The minimum atomic E-state index is -0.141. The third-order valence-electron chi connectivity index (χ3n) is 11.2. The normalized spacial score (nSPS) is 13.3. The van der Waals surface area contributed by atoms with Crippen LogP contribution in [-0.2, 0) is 5.41 Å². The molecule has 0 fully saturated rings. The van der Waals surface area contributed by atoms with Crippen LogP contribution < -0.4 is 4.90 Å². The summed E-state index contributed by atoms with van der Waals surface area (Å²) in [7, 11) is 0. The monoisotopic (exact) mass is 667 g/mol. The summed E-state index contributed by atoms with van der Waals surface area (Å²) in [6, 6.07) is 58.6. The number of rotatable bonds is 4. The third kappa shape index (κ3) is 4.02. The Kier molecular flexibility index (Phi) is 6.01. The molecule has 0 atom stereocenters. The van der Waals surface area contributed by atoms with Crippen LogP contribution in [0.2, 0.25) is 0 Å². The molecule has 246 valence electrons. The molecule has 2 heterocycles. The van der Waals surface area contributed by atoms with Crippen molar-refractivity contribution in [3.05, 3.63) is 175 Å². The minimum Gasteiger partial charge on any atom is -0.456 e. The van der Waals surface area contributed by atoms with Gasteiger partial charge in [0.05, 0.1) is 16.8 Å². The van der Waals surface area contributed by atoms with Crippen molar-refractivity contribution in [3.8, 4) is 22.3 Å². The Labute approximate surface area is 301 Å². The van der Waals surface area contributed by atoms with E-state index < -0.39 is 0 Å². The van der Waals surface area contributed by atoms with Gasteiger partial charge in [0.1, 0.15) is 22.3 Å². The van der Waals surface area contributed by atoms with Crippen LogP contribution >= 0.6 is 0 Å². The maximum atomic E-state index is 7.00. The summed E-state index contributed by atoms with van der Waals surface area (Å²) in [5, 5.41) is 6.60. The predicted octanol–water partition coefficient (Wildman–Crippen LogP) is 14.1. The summed E-state index contributed by atoms with van der Waals surface area (Å²) in [6.45, 7) is 4.69. The fourth-order valence-corrected chi connectivity index (χ4v) is 8.85. The summed E-state index contributed by atoms with van der Waals surface area (Å²) in [5.41, 5.74) is 14.0. The molecule has 11 rings (SSSR count). The first-order valence-corrected chi connectivity index (χ1v) is 17.9. The van der Waals surface area contributed by atoms with Gasteiger partial charge in [0.15, 0.2) is 0 Å². The van der Waals surface area contributed by atoms with Crippen LogP contribution in [0.15, 0.2) is 173 Å². The lowest BCUT2D eigenvalue weighted by Crippen LogP contribution is -2.16. The van der Waals surface area contributed by atoms with Crippen molar-refractivity contribution in [2.75, 3.05) is 4.90 Å². The van der Waals surface area contributed by atoms with Gasteiger partial charge >= 0.3 is 0 Å². The maximum absolute atomic E-state index is 7.00. The Morgan fingerprint density at radius 1 is 0.462 bits per heavy atom. The van der Waals surface area contributed by atoms with Crippen molar-refractivity contribution in [1.82, 2.24) is 0 Å². The molecule has 1 aliphatic rings. The van der Waals surface area contributed by atoms with E-state index in [0.29, 0.717) is 0 Å². The van der Waals surface area contributed by atoms with E-state index in [1.807, 2.05) is 12.1 Å². The summed E-state index contributed by atoms with van der Waals surface area (Å²) in [4.78, 5) is 2.43. The first kappa shape index (κ1) is 29.2. The standard InChI is InChI=1S/C49H33NO2/c1-49(2)38-21-10-8-19-34(38)35-27-26-32(28-39(35)49)50(40-22-12-17-30-14-6-7-18-33(30)40)41-23-13-25-43-46(41)37-29-44-47(36-20-9-11-24-42(36)51-44)45(48(37)52-43)31-15-4-3-5-16-31/h3-29H,1-2H3. The zero-order valence-corrected chi connectivity index (χ0v) is 28.9. The van der Waals surface area contributed by atoms with Crippen molar-refractivity contribution < 1.29 is 8.83 Å². The van der Waals surface area contributed by atoms with Crippen LogP contribution in [0.4, 0.5) is 17.1 Å². The van der Waals surface area contributed by atoms with E-state index in [4.69, 9.17) is 8.83 Å². The molecule has 0 amide bonds. The largest absolute Gasteiger partial charge is 0.456 e. The van der Waals surface area contributed by atoms with Crippen molar-refractivity contribution in [3.63, 3.8) is 0 Å². The lowest BCUT2D eigenvalue weighted by atomic mass is 9.82. The van der Waals surface area contributed by atoms with E-state index in [0.717, 1.165) is 72.1 Å². The molecule has 2 aromatic heterocycles. The number of benzene rings is 8. The second-order valence-electron chi connectivity index (χ2n) is 14.5. The Morgan fingerprint density at radius 2 is 1.15 bits per heavy atom. The molecule has 0 saturated carbocycles. The number of hydrogen-bond acceptors (Lipinski definition) is 3. The molecule has 0 aliphatic heterocycles. The molecule has 0 radical (unpaired) electrons. The molecule has 1 aliphatic carbocycles. The Bertz CT molecular complexity index is 3050. The Hall–Kier alpha value is -6.58. The highest BCUT2D eigenvalue weighted by molar-refractivity contribution is 6.25. The number of para-hydroxylation sites is 1. The topological polar surface area (TPSA) is 29.5 Å². The Balaban J connectivity index is 1.25. The molecule has 0 N–H and O–H groups in total. The van der Waals surface area contributed by atoms with E-state index in [9.17, 15) is 0 Å². The van der Waals surface area contributed by atoms with Crippen LogP contribution in [-0.4, -0.2) is 0 Å². The summed E-state index contributed by atoms with van der Waals surface area (Å²) >= 11 is 0. The van der Waals surface area contributed by atoms with Gasteiger partial charge in [-0.1, -0.05) is 135 Å². The highest BCUT2D eigenvalue weighted by Gasteiger charge is 2.36. The van der Waals surface area contributed by atoms with Gasteiger partial charge in [0.25, 0.3) is 0 Å². The molecule has 52 heavy (non-hydrogen) atoms. The van der Waals surface area contributed by atoms with E-state index >= 15 is 0 Å². The molecule has 10 aromatic rings. The number of hydrogen-bond donors (Lipinski definition) is 0. The smallest absolute Gasteiger partial charge is 0.144 e. The lowest BCUT2D eigenvalue weighted by molar-refractivity contribution is 0.660. The summed E-state index contributed by atoms with van der Waals surface area (Å²) in [6.07, 6.45) is 0. The van der Waals surface area contributed by atoms with Crippen LogP contribution in [0.25, 0.3) is 76.9 Å². The lowest BCUT2D eigenvalue weighted by Gasteiger charge is -2.29. The number of nitrogens with zero attached hydrogens (tertiary/aromatic N) is 1. The minimum absolute atomic E-state index is 0.141. The molecule has 8 aromatic carbocycles. The van der Waals surface area contributed by atoms with Gasteiger partial charge in [-0.05, 0) is 75.7 Å². The van der Waals surface area contributed by atoms with Crippen molar-refractivity contribution in [2.24, 2.45) is 0 Å². The van der Waals surface area contributed by atoms with Gasteiger partial charge in [-0.2, -0.15) is 0 Å². The van der Waals surface area contributed by atoms with E-state index in [1.54, 1.807) is 0 Å². The fraction of sp³-hybridized carbons (Fsp3) is 0.0612. The average molecular weight is 668 g/mol. The van der Waals surface area contributed by atoms with E-state index in [-0.39, 0.29) is 5.41 Å². The second-order valence-corrected chi connectivity index (χ2v) is 14.5. The molecule has 0 bridgehead atoms. The van der Waals surface area contributed by atoms with Gasteiger partial charge in [-0.25, -0.2) is 0 Å². The summed E-state index contributed by atoms with van der Waals surface area (Å²) in [5.74, 6) is 0. The van der Waals surface area contributed by atoms with Crippen molar-refractivity contribution in [2.45, 2.75) is 19.3 Å². The van der Waals surface area contributed by atoms with Gasteiger partial charge < -0.3 is 13.7 Å². The van der Waals surface area contributed by atoms with E-state index in [1.165, 1.54) is 33.0 Å². The molecular formula is C49H33NO2. The van der Waals surface area contributed by atoms with Crippen LogP contribution in [0.3, 0.4) is 0 Å². The first-order chi connectivity index (χ1) is 25.6. The molecule has 0 unspecified atom stereocenters. The third-order valence-corrected chi connectivity index (χ3v) is 11.2. The highest BCUT2D eigenvalue weighted by atomic mass is 16.3. The predicted molar refractivity (Wildman–Crippen MR) is 216 cm³/mol. The zero-order chi connectivity index (χ0) is 34.6. The number of furan rings is 2. The zero-order valence-electron chi connectivity index (χ0n) is 28.9. The number of anilines is 3. The van der Waals surface area contributed by atoms with Gasteiger partial charge in [0, 0.05) is 38.2 Å². The quantitative estimate of drug-likeness (QED) is 0.187. The highest BCUT2D eigenvalue weighted by Crippen LogP contribution is 2.53. The first-order valence-electron chi connectivity index (χ1n) is 17.9. The maximum Gasteiger partial charge on any atom is 0.144 e. The van der Waals surface area contributed by atoms with Crippen LogP contribution in [0, 0.1) is 0 Å². The summed E-state index contributed by atoms with van der Waals surface area (Å²) < 4.78 is 13.6. The van der Waals surface area contributed by atoms with Crippen molar-refractivity contribution in [1.29, 1.82) is 0 Å². The van der Waals surface area contributed by atoms with Crippen LogP contribution in [0.5, 0.6) is 0 Å². The van der Waals surface area contributed by atoms with E-state index in [2.05, 4.69) is 170 Å². The SMILES string of the molecule is CC1(C)c2ccccc2-c2ccc(N(c3cccc4ccccc34)c3cccc4oc5c(-c6ccccc6)c6c(cc5c34)oc3ccccc36)cc21. The Morgan fingerprint density at radius 3 is 2.06 bits per heavy atom. The molecular weight excluding hydrogens is 635 g/mol. The van der Waals surface area contributed by atoms with Gasteiger partial charge in [0.2, 0.25) is 0 Å². The fourth-order valence-electron chi connectivity index (χ4n) is 8.85. The molecule has 0 spiro atoms. The van der Waals surface area contributed by atoms with Gasteiger partial charge in [-0.15, -0.1) is 0 Å². The second kappa shape index (κ2) is 10.7. The molecule has 0 saturated heterocycles. The number of fused-ring (bicyclic) bond motifs is 10. The average Bonchev–Trinajstić information content (AvgIpc) is 3.82. The van der Waals surface area contributed by atoms with Gasteiger partial charge in [-0.3, -0.25) is 0 Å². The molecule has 3 nitrogen and oxygen atoms in total. The van der Waals surface area contributed by atoms with Crippen LogP contribution in [0.1, 0.15) is 25.0 Å².